The molecular formula is C21H23N3O3S. The number of benzene rings is 2. The van der Waals surface area contributed by atoms with E-state index in [2.05, 4.69) is 17.1 Å². The smallest absolute Gasteiger partial charge is 0.231 e. The quantitative estimate of drug-likeness (QED) is 0.778. The minimum Gasteiger partial charge on any atom is -0.497 e. The van der Waals surface area contributed by atoms with Gasteiger partial charge in [-0.2, -0.15) is 0 Å². The Morgan fingerprint density at radius 2 is 1.93 bits per heavy atom. The number of hydrogen-bond donors (Lipinski definition) is 1. The first-order chi connectivity index (χ1) is 13.6. The summed E-state index contributed by atoms with van der Waals surface area (Å²) in [6.45, 7) is 0.543. The molecule has 0 radical (unpaired) electrons. The summed E-state index contributed by atoms with van der Waals surface area (Å²) < 4.78 is 5.16. The Morgan fingerprint density at radius 1 is 1.21 bits per heavy atom. The first kappa shape index (κ1) is 19.9. The summed E-state index contributed by atoms with van der Waals surface area (Å²) in [5, 5.41) is -0.0758. The number of ether oxygens (including phenoxy) is 1. The molecule has 0 spiro atoms. The van der Waals surface area contributed by atoms with Crippen molar-refractivity contribution in [1.82, 2.24) is 4.90 Å². The highest BCUT2D eigenvalue weighted by atomic mass is 32.2. The summed E-state index contributed by atoms with van der Waals surface area (Å²) in [5.74, 6) is 0.110. The van der Waals surface area contributed by atoms with E-state index in [0.29, 0.717) is 17.4 Å². The lowest BCUT2D eigenvalue weighted by molar-refractivity contribution is -0.129. The van der Waals surface area contributed by atoms with Crippen molar-refractivity contribution in [2.45, 2.75) is 24.5 Å². The number of nitrogens with two attached hydrogens (primary N) is 1. The van der Waals surface area contributed by atoms with Crippen molar-refractivity contribution in [1.29, 1.82) is 0 Å². The number of methoxy groups -OCH3 is 1. The van der Waals surface area contributed by atoms with Crippen molar-refractivity contribution >= 4 is 34.4 Å². The maximum atomic E-state index is 12.7. The number of amides is 2. The molecule has 1 aliphatic rings. The number of hydrogen-bond acceptors (Lipinski definition) is 5. The van der Waals surface area contributed by atoms with Gasteiger partial charge in [-0.15, -0.1) is 0 Å². The molecule has 0 aliphatic carbocycles. The van der Waals surface area contributed by atoms with Crippen LogP contribution in [0.1, 0.15) is 18.4 Å². The molecule has 0 aromatic heterocycles. The fourth-order valence-electron chi connectivity index (χ4n) is 2.93. The van der Waals surface area contributed by atoms with Crippen LogP contribution in [0.15, 0.2) is 59.6 Å². The Morgan fingerprint density at radius 3 is 2.57 bits per heavy atom. The number of carbonyl (C=O) groups is 2. The molecule has 0 bridgehead atoms. The van der Waals surface area contributed by atoms with Gasteiger partial charge in [0.25, 0.3) is 0 Å². The van der Waals surface area contributed by atoms with E-state index in [1.54, 1.807) is 24.1 Å². The third-order valence-corrected chi connectivity index (χ3v) is 5.65. The second-order valence-electron chi connectivity index (χ2n) is 6.44. The van der Waals surface area contributed by atoms with Crippen LogP contribution < -0.4 is 10.5 Å². The molecule has 2 aromatic rings. The van der Waals surface area contributed by atoms with Crippen molar-refractivity contribution in [3.63, 3.8) is 0 Å². The minimum absolute atomic E-state index is 0.104. The number of thioether (sulfide) groups is 1. The van der Waals surface area contributed by atoms with Crippen LogP contribution in [0.3, 0.4) is 0 Å². The fourth-order valence-corrected chi connectivity index (χ4v) is 4.00. The van der Waals surface area contributed by atoms with Crippen LogP contribution in [0.2, 0.25) is 0 Å². The molecule has 2 aromatic carbocycles. The van der Waals surface area contributed by atoms with Crippen molar-refractivity contribution in [3.05, 3.63) is 60.2 Å². The molecule has 28 heavy (non-hydrogen) atoms. The molecule has 1 atom stereocenters. The van der Waals surface area contributed by atoms with Crippen molar-refractivity contribution in [2.24, 2.45) is 10.7 Å². The molecule has 1 heterocycles. The second kappa shape index (κ2) is 9.41. The summed E-state index contributed by atoms with van der Waals surface area (Å²) in [6.07, 6.45) is 1.77. The normalized spacial score (nSPS) is 18.3. The zero-order chi connectivity index (χ0) is 19.9. The molecule has 2 N–H and O–H groups in total. The number of aryl methyl sites for hydroxylation is 1. The monoisotopic (exact) mass is 397 g/mol. The van der Waals surface area contributed by atoms with E-state index in [4.69, 9.17) is 10.5 Å². The van der Waals surface area contributed by atoms with Gasteiger partial charge in [-0.25, -0.2) is 4.99 Å². The van der Waals surface area contributed by atoms with Gasteiger partial charge in [0.15, 0.2) is 5.17 Å². The SMILES string of the molecule is COc1ccc(N=C2S[C@H](C(N)=O)CC(=O)N2CCCc2ccccc2)cc1. The highest BCUT2D eigenvalue weighted by Gasteiger charge is 2.34. The highest BCUT2D eigenvalue weighted by Crippen LogP contribution is 2.29. The van der Waals surface area contributed by atoms with Crippen molar-refractivity contribution < 1.29 is 14.3 Å². The van der Waals surface area contributed by atoms with Crippen molar-refractivity contribution in [3.8, 4) is 5.75 Å². The highest BCUT2D eigenvalue weighted by molar-refractivity contribution is 8.15. The van der Waals surface area contributed by atoms with Crippen LogP contribution in [0, 0.1) is 0 Å². The van der Waals surface area contributed by atoms with Gasteiger partial charge in [-0.05, 0) is 42.7 Å². The van der Waals surface area contributed by atoms with Gasteiger partial charge < -0.3 is 10.5 Å². The summed E-state index contributed by atoms with van der Waals surface area (Å²) >= 11 is 1.25. The molecule has 0 unspecified atom stereocenters. The van der Waals surface area contributed by atoms with Crippen LogP contribution in [0.4, 0.5) is 5.69 Å². The van der Waals surface area contributed by atoms with Crippen LogP contribution >= 0.6 is 11.8 Å². The predicted molar refractivity (Wildman–Crippen MR) is 112 cm³/mol. The van der Waals surface area contributed by atoms with Gasteiger partial charge in [0.05, 0.1) is 18.0 Å². The Bertz CT molecular complexity index is 853. The standard InChI is InChI=1S/C21H23N3O3S/c1-27-17-11-9-16(10-12-17)23-21-24(19(25)14-18(28-21)20(22)26)13-5-8-15-6-3-2-4-7-15/h2-4,6-7,9-12,18H,5,8,13-14H2,1H3,(H2,22,26)/t18-/m0/s1. The van der Waals surface area contributed by atoms with Gasteiger partial charge in [0.1, 0.15) is 5.75 Å². The number of nitrogens with zero attached hydrogens (tertiary/aromatic N) is 2. The van der Waals surface area contributed by atoms with E-state index in [0.717, 1.165) is 18.6 Å². The van der Waals surface area contributed by atoms with Crippen LogP contribution in [0.5, 0.6) is 5.75 Å². The molecule has 3 rings (SSSR count). The van der Waals surface area contributed by atoms with E-state index < -0.39 is 11.2 Å². The summed E-state index contributed by atoms with van der Waals surface area (Å²) in [4.78, 5) is 30.6. The van der Waals surface area contributed by atoms with E-state index in [1.165, 1.54) is 17.3 Å². The predicted octanol–water partition coefficient (Wildman–Crippen LogP) is 3.13. The maximum absolute atomic E-state index is 12.7. The van der Waals surface area contributed by atoms with Crippen LogP contribution in [0.25, 0.3) is 0 Å². The lowest BCUT2D eigenvalue weighted by Crippen LogP contribution is -2.46. The average Bonchev–Trinajstić information content (AvgIpc) is 2.71. The molecule has 1 saturated heterocycles. The number of rotatable bonds is 7. The number of primary amides is 1. The van der Waals surface area contributed by atoms with Gasteiger partial charge >= 0.3 is 0 Å². The third kappa shape index (κ3) is 5.13. The van der Waals surface area contributed by atoms with Gasteiger partial charge in [-0.3, -0.25) is 14.5 Å². The summed E-state index contributed by atoms with van der Waals surface area (Å²) in [5.41, 5.74) is 7.36. The Kier molecular flexibility index (Phi) is 6.71. The molecule has 6 nitrogen and oxygen atoms in total. The maximum Gasteiger partial charge on any atom is 0.231 e. The van der Waals surface area contributed by atoms with E-state index in [9.17, 15) is 9.59 Å². The molecule has 2 amide bonds. The van der Waals surface area contributed by atoms with Crippen LogP contribution in [-0.2, 0) is 16.0 Å². The largest absolute Gasteiger partial charge is 0.497 e. The topological polar surface area (TPSA) is 85.0 Å². The van der Waals surface area contributed by atoms with Crippen molar-refractivity contribution in [2.75, 3.05) is 13.7 Å². The Labute approximate surface area is 168 Å². The summed E-state index contributed by atoms with van der Waals surface area (Å²) in [6, 6.07) is 17.4. The fraction of sp³-hybridized carbons (Fsp3) is 0.286. The van der Waals surface area contributed by atoms with Gasteiger partial charge in [0.2, 0.25) is 11.8 Å². The average molecular weight is 398 g/mol. The van der Waals surface area contributed by atoms with Crippen LogP contribution in [-0.4, -0.2) is 40.8 Å². The molecular weight excluding hydrogens is 374 g/mol. The molecule has 1 aliphatic heterocycles. The third-order valence-electron chi connectivity index (χ3n) is 4.44. The number of carbonyl (C=O) groups excluding carboxylic acids is 2. The van der Waals surface area contributed by atoms with E-state index in [1.807, 2.05) is 30.3 Å². The first-order valence-corrected chi connectivity index (χ1v) is 9.98. The molecule has 1 fully saturated rings. The number of amidine groups is 1. The zero-order valence-corrected chi connectivity index (χ0v) is 16.5. The zero-order valence-electron chi connectivity index (χ0n) is 15.7. The molecule has 7 heteroatoms. The summed E-state index contributed by atoms with van der Waals surface area (Å²) in [7, 11) is 1.60. The second-order valence-corrected chi connectivity index (χ2v) is 7.61. The lowest BCUT2D eigenvalue weighted by atomic mass is 10.1. The molecule has 0 saturated carbocycles. The minimum atomic E-state index is -0.588. The molecule has 146 valence electrons. The lowest BCUT2D eigenvalue weighted by Gasteiger charge is -2.31. The van der Waals surface area contributed by atoms with E-state index >= 15 is 0 Å². The van der Waals surface area contributed by atoms with E-state index in [-0.39, 0.29) is 12.3 Å². The Hall–Kier alpha value is -2.80. The number of aliphatic imine (C=N–C) groups is 1. The van der Waals surface area contributed by atoms with Gasteiger partial charge in [-0.1, -0.05) is 42.1 Å². The van der Waals surface area contributed by atoms with Gasteiger partial charge in [0, 0.05) is 13.0 Å². The Balaban J connectivity index is 1.76. The first-order valence-electron chi connectivity index (χ1n) is 9.10.